The molecule has 0 aliphatic heterocycles. The van der Waals surface area contributed by atoms with Crippen molar-refractivity contribution in [3.8, 4) is 5.75 Å². The number of rotatable bonds is 18. The van der Waals surface area contributed by atoms with Gasteiger partial charge in [0.25, 0.3) is 0 Å². The Morgan fingerprint density at radius 1 is 0.516 bits per heavy atom. The molecule has 0 heterocycles. The molecule has 0 atom stereocenters. The molecular weight excluding hydrogens is 378 g/mol. The number of aryl methyl sites for hydroxylation is 1. The minimum absolute atomic E-state index is 0.296. The van der Waals surface area contributed by atoms with E-state index < -0.39 is 0 Å². The van der Waals surface area contributed by atoms with Crippen LogP contribution in [0.5, 0.6) is 5.75 Å². The highest BCUT2D eigenvalue weighted by molar-refractivity contribution is 5.60. The van der Waals surface area contributed by atoms with Crippen molar-refractivity contribution in [2.45, 2.75) is 110 Å². The van der Waals surface area contributed by atoms with Crippen molar-refractivity contribution in [3.63, 3.8) is 0 Å². The molecule has 0 aromatic heterocycles. The van der Waals surface area contributed by atoms with E-state index >= 15 is 0 Å². The van der Waals surface area contributed by atoms with Crippen LogP contribution in [0.4, 0.5) is 11.4 Å². The highest BCUT2D eigenvalue weighted by Crippen LogP contribution is 2.20. The lowest BCUT2D eigenvalue weighted by molar-refractivity contribution is 0.475. The van der Waals surface area contributed by atoms with Crippen LogP contribution in [0.25, 0.3) is 0 Å². The van der Waals surface area contributed by atoms with Gasteiger partial charge in [-0.1, -0.05) is 109 Å². The second kappa shape index (κ2) is 16.7. The standard InChI is InChI=1S/C29H45NO/c1-2-3-4-5-6-7-8-9-10-11-12-13-14-15-16-17-26-18-20-27(21-19-26)30-28-22-24-29(31)25-23-28/h18-25,30-31H,2-17H2,1H3. The van der Waals surface area contributed by atoms with Gasteiger partial charge in [0.15, 0.2) is 0 Å². The lowest BCUT2D eigenvalue weighted by Gasteiger charge is -2.08. The van der Waals surface area contributed by atoms with E-state index in [4.69, 9.17) is 0 Å². The van der Waals surface area contributed by atoms with Crippen molar-refractivity contribution >= 4 is 11.4 Å². The van der Waals surface area contributed by atoms with Crippen molar-refractivity contribution in [1.29, 1.82) is 0 Å². The van der Waals surface area contributed by atoms with E-state index in [1.807, 2.05) is 12.1 Å². The van der Waals surface area contributed by atoms with Gasteiger partial charge in [-0.05, 0) is 54.8 Å². The monoisotopic (exact) mass is 423 g/mol. The van der Waals surface area contributed by atoms with Crippen molar-refractivity contribution in [3.05, 3.63) is 54.1 Å². The van der Waals surface area contributed by atoms with Crippen LogP contribution in [0.3, 0.4) is 0 Å². The Bertz CT molecular complexity index is 662. The molecule has 2 rings (SSSR count). The summed E-state index contributed by atoms with van der Waals surface area (Å²) < 4.78 is 0. The van der Waals surface area contributed by atoms with Crippen LogP contribution in [0.15, 0.2) is 48.5 Å². The predicted octanol–water partition coefficient (Wildman–Crippen LogP) is 9.55. The number of anilines is 2. The maximum absolute atomic E-state index is 9.36. The molecule has 2 aromatic rings. The number of aromatic hydroxyl groups is 1. The van der Waals surface area contributed by atoms with Crippen molar-refractivity contribution < 1.29 is 5.11 Å². The quantitative estimate of drug-likeness (QED) is 0.185. The van der Waals surface area contributed by atoms with Crippen molar-refractivity contribution in [2.24, 2.45) is 0 Å². The van der Waals surface area contributed by atoms with Crippen LogP contribution >= 0.6 is 0 Å². The number of hydrogen-bond donors (Lipinski definition) is 2. The van der Waals surface area contributed by atoms with E-state index in [2.05, 4.69) is 36.5 Å². The maximum atomic E-state index is 9.36. The molecule has 172 valence electrons. The summed E-state index contributed by atoms with van der Waals surface area (Å²) in [5.74, 6) is 0.296. The minimum atomic E-state index is 0.296. The molecular formula is C29H45NO. The highest BCUT2D eigenvalue weighted by Gasteiger charge is 1.98. The SMILES string of the molecule is CCCCCCCCCCCCCCCCCc1ccc(Nc2ccc(O)cc2)cc1. The van der Waals surface area contributed by atoms with Crippen LogP contribution in [0.2, 0.25) is 0 Å². The number of unbranched alkanes of at least 4 members (excludes halogenated alkanes) is 14. The molecule has 0 bridgehead atoms. The summed E-state index contributed by atoms with van der Waals surface area (Å²) in [6.45, 7) is 2.29. The van der Waals surface area contributed by atoms with Crippen molar-refractivity contribution in [1.82, 2.24) is 0 Å². The molecule has 0 spiro atoms. The second-order valence-corrected chi connectivity index (χ2v) is 9.07. The van der Waals surface area contributed by atoms with Gasteiger partial charge in [-0.3, -0.25) is 0 Å². The summed E-state index contributed by atoms with van der Waals surface area (Å²) in [4.78, 5) is 0. The Labute approximate surface area is 191 Å². The van der Waals surface area contributed by atoms with Gasteiger partial charge in [0, 0.05) is 11.4 Å². The van der Waals surface area contributed by atoms with Gasteiger partial charge in [0.1, 0.15) is 5.75 Å². The van der Waals surface area contributed by atoms with Crippen LogP contribution in [0, 0.1) is 0 Å². The van der Waals surface area contributed by atoms with E-state index in [0.717, 1.165) is 11.4 Å². The zero-order valence-electron chi connectivity index (χ0n) is 19.9. The largest absolute Gasteiger partial charge is 0.508 e. The first-order chi connectivity index (χ1) is 15.3. The summed E-state index contributed by atoms with van der Waals surface area (Å²) in [5.41, 5.74) is 3.50. The Morgan fingerprint density at radius 3 is 1.35 bits per heavy atom. The molecule has 2 aromatic carbocycles. The van der Waals surface area contributed by atoms with Gasteiger partial charge in [0.05, 0.1) is 0 Å². The Hall–Kier alpha value is -1.96. The molecule has 0 aliphatic rings. The van der Waals surface area contributed by atoms with Gasteiger partial charge in [0.2, 0.25) is 0 Å². The smallest absolute Gasteiger partial charge is 0.115 e. The Kier molecular flexibility index (Phi) is 13.6. The normalized spacial score (nSPS) is 11.0. The maximum Gasteiger partial charge on any atom is 0.115 e. The molecule has 2 N–H and O–H groups in total. The van der Waals surface area contributed by atoms with Gasteiger partial charge < -0.3 is 10.4 Å². The first-order valence-corrected chi connectivity index (χ1v) is 12.9. The topological polar surface area (TPSA) is 32.3 Å². The number of hydrogen-bond acceptors (Lipinski definition) is 2. The van der Waals surface area contributed by atoms with Gasteiger partial charge in [-0.2, -0.15) is 0 Å². The van der Waals surface area contributed by atoms with Crippen molar-refractivity contribution in [2.75, 3.05) is 5.32 Å². The summed E-state index contributed by atoms with van der Waals surface area (Å²) in [5, 5.41) is 12.7. The predicted molar refractivity (Wildman–Crippen MR) is 136 cm³/mol. The third-order valence-corrected chi connectivity index (χ3v) is 6.18. The van der Waals surface area contributed by atoms with E-state index in [-0.39, 0.29) is 0 Å². The first kappa shape index (κ1) is 25.3. The number of nitrogens with one attached hydrogen (secondary N) is 1. The van der Waals surface area contributed by atoms with Crippen LogP contribution < -0.4 is 5.32 Å². The molecule has 2 heteroatoms. The fourth-order valence-corrected chi connectivity index (χ4v) is 4.17. The molecule has 0 unspecified atom stereocenters. The molecule has 0 radical (unpaired) electrons. The zero-order valence-corrected chi connectivity index (χ0v) is 19.9. The Morgan fingerprint density at radius 2 is 0.903 bits per heavy atom. The Balaban J connectivity index is 1.41. The lowest BCUT2D eigenvalue weighted by atomic mass is 10.0. The van der Waals surface area contributed by atoms with E-state index in [9.17, 15) is 5.11 Å². The highest BCUT2D eigenvalue weighted by atomic mass is 16.3. The first-order valence-electron chi connectivity index (χ1n) is 12.9. The van der Waals surface area contributed by atoms with Gasteiger partial charge in [-0.15, -0.1) is 0 Å². The summed E-state index contributed by atoms with van der Waals surface area (Å²) in [6.07, 6.45) is 22.4. The fraction of sp³-hybridized carbons (Fsp3) is 0.586. The van der Waals surface area contributed by atoms with Crippen LogP contribution in [0.1, 0.15) is 109 Å². The number of phenolic OH excluding ortho intramolecular Hbond substituents is 1. The second-order valence-electron chi connectivity index (χ2n) is 9.07. The molecule has 0 saturated heterocycles. The third kappa shape index (κ3) is 12.5. The molecule has 0 fully saturated rings. The number of benzene rings is 2. The number of phenols is 1. The molecule has 0 aliphatic carbocycles. The van der Waals surface area contributed by atoms with Crippen LogP contribution in [-0.2, 0) is 6.42 Å². The summed E-state index contributed by atoms with van der Waals surface area (Å²) in [6, 6.07) is 15.9. The summed E-state index contributed by atoms with van der Waals surface area (Å²) in [7, 11) is 0. The zero-order chi connectivity index (χ0) is 22.0. The van der Waals surface area contributed by atoms with Crippen LogP contribution in [-0.4, -0.2) is 5.11 Å². The lowest BCUT2D eigenvalue weighted by Crippen LogP contribution is -1.91. The average molecular weight is 424 g/mol. The minimum Gasteiger partial charge on any atom is -0.508 e. The third-order valence-electron chi connectivity index (χ3n) is 6.18. The van der Waals surface area contributed by atoms with E-state index in [1.165, 1.54) is 108 Å². The fourth-order valence-electron chi connectivity index (χ4n) is 4.17. The average Bonchev–Trinajstić information content (AvgIpc) is 2.79. The van der Waals surface area contributed by atoms with E-state index in [0.29, 0.717) is 5.75 Å². The van der Waals surface area contributed by atoms with E-state index in [1.54, 1.807) is 12.1 Å². The van der Waals surface area contributed by atoms with Gasteiger partial charge >= 0.3 is 0 Å². The molecule has 31 heavy (non-hydrogen) atoms. The molecule has 0 amide bonds. The molecule has 0 saturated carbocycles. The van der Waals surface area contributed by atoms with Gasteiger partial charge in [-0.25, -0.2) is 0 Å². The molecule has 2 nitrogen and oxygen atoms in total. The summed E-state index contributed by atoms with van der Waals surface area (Å²) >= 11 is 0.